The highest BCUT2D eigenvalue weighted by Crippen LogP contribution is 2.14. The molecule has 0 saturated carbocycles. The summed E-state index contributed by atoms with van der Waals surface area (Å²) in [6.07, 6.45) is 0. The van der Waals surface area contributed by atoms with E-state index in [2.05, 4.69) is 20.8 Å². The molecule has 0 aliphatic rings. The number of anilines is 1. The SMILES string of the molecule is CCOc1cccc(CNc2nnnn2CC)c1. The van der Waals surface area contributed by atoms with E-state index in [1.807, 2.05) is 38.1 Å². The van der Waals surface area contributed by atoms with Crippen molar-refractivity contribution in [1.82, 2.24) is 20.2 Å². The topological polar surface area (TPSA) is 64.9 Å². The quantitative estimate of drug-likeness (QED) is 0.841. The molecule has 0 fully saturated rings. The third-order valence-corrected chi connectivity index (χ3v) is 2.49. The lowest BCUT2D eigenvalue weighted by Gasteiger charge is -2.07. The Hall–Kier alpha value is -2.11. The van der Waals surface area contributed by atoms with Gasteiger partial charge in [0, 0.05) is 13.1 Å². The highest BCUT2D eigenvalue weighted by atomic mass is 16.5. The molecule has 6 heteroatoms. The van der Waals surface area contributed by atoms with E-state index in [0.717, 1.165) is 17.9 Å². The summed E-state index contributed by atoms with van der Waals surface area (Å²) >= 11 is 0. The van der Waals surface area contributed by atoms with Crippen molar-refractivity contribution in [3.63, 3.8) is 0 Å². The van der Waals surface area contributed by atoms with Crippen LogP contribution in [0.5, 0.6) is 5.75 Å². The van der Waals surface area contributed by atoms with Gasteiger partial charge < -0.3 is 10.1 Å². The van der Waals surface area contributed by atoms with Gasteiger partial charge in [0.05, 0.1) is 6.61 Å². The summed E-state index contributed by atoms with van der Waals surface area (Å²) in [4.78, 5) is 0. The first-order valence-corrected chi connectivity index (χ1v) is 6.05. The monoisotopic (exact) mass is 247 g/mol. The van der Waals surface area contributed by atoms with Crippen LogP contribution in [0.15, 0.2) is 24.3 Å². The van der Waals surface area contributed by atoms with Crippen molar-refractivity contribution in [2.75, 3.05) is 11.9 Å². The minimum Gasteiger partial charge on any atom is -0.494 e. The fourth-order valence-corrected chi connectivity index (χ4v) is 1.64. The van der Waals surface area contributed by atoms with Gasteiger partial charge in [-0.05, 0) is 42.0 Å². The van der Waals surface area contributed by atoms with Gasteiger partial charge in [0.25, 0.3) is 0 Å². The number of aromatic nitrogens is 4. The average Bonchev–Trinajstić information content (AvgIpc) is 2.84. The van der Waals surface area contributed by atoms with Crippen LogP contribution >= 0.6 is 0 Å². The van der Waals surface area contributed by atoms with Crippen LogP contribution in [-0.2, 0) is 13.1 Å². The normalized spacial score (nSPS) is 10.3. The zero-order valence-corrected chi connectivity index (χ0v) is 10.6. The highest BCUT2D eigenvalue weighted by molar-refractivity contribution is 5.32. The van der Waals surface area contributed by atoms with Gasteiger partial charge in [-0.1, -0.05) is 17.2 Å². The lowest BCUT2D eigenvalue weighted by Crippen LogP contribution is -2.07. The molecule has 6 nitrogen and oxygen atoms in total. The van der Waals surface area contributed by atoms with E-state index >= 15 is 0 Å². The van der Waals surface area contributed by atoms with Crippen LogP contribution in [0.25, 0.3) is 0 Å². The van der Waals surface area contributed by atoms with Crippen molar-refractivity contribution in [2.45, 2.75) is 26.9 Å². The summed E-state index contributed by atoms with van der Waals surface area (Å²) < 4.78 is 7.17. The third-order valence-electron chi connectivity index (χ3n) is 2.49. The molecule has 96 valence electrons. The second kappa shape index (κ2) is 6.00. The standard InChI is InChI=1S/C12H17N5O/c1-3-17-12(14-15-16-17)13-9-10-6-5-7-11(8-10)18-4-2/h5-8H,3-4,9H2,1-2H3,(H,13,14,16). The largest absolute Gasteiger partial charge is 0.494 e. The van der Waals surface area contributed by atoms with E-state index in [-0.39, 0.29) is 0 Å². The van der Waals surface area contributed by atoms with Crippen molar-refractivity contribution in [1.29, 1.82) is 0 Å². The fraction of sp³-hybridized carbons (Fsp3) is 0.417. The molecule has 0 aliphatic carbocycles. The van der Waals surface area contributed by atoms with E-state index in [9.17, 15) is 0 Å². The fourth-order valence-electron chi connectivity index (χ4n) is 1.64. The number of nitrogens with one attached hydrogen (secondary N) is 1. The molecule has 0 atom stereocenters. The van der Waals surface area contributed by atoms with Gasteiger partial charge in [-0.25, -0.2) is 4.68 Å². The van der Waals surface area contributed by atoms with Crippen LogP contribution in [0, 0.1) is 0 Å². The smallest absolute Gasteiger partial charge is 0.243 e. The molecule has 0 saturated heterocycles. The molecular formula is C12H17N5O. The molecule has 0 bridgehead atoms. The molecule has 1 aromatic heterocycles. The maximum Gasteiger partial charge on any atom is 0.243 e. The number of tetrazole rings is 1. The van der Waals surface area contributed by atoms with Gasteiger partial charge in [-0.3, -0.25) is 0 Å². The first kappa shape index (κ1) is 12.3. The Morgan fingerprint density at radius 2 is 2.22 bits per heavy atom. The average molecular weight is 247 g/mol. The van der Waals surface area contributed by atoms with Gasteiger partial charge in [0.15, 0.2) is 0 Å². The molecule has 0 aliphatic heterocycles. The van der Waals surface area contributed by atoms with E-state index in [1.54, 1.807) is 4.68 Å². The van der Waals surface area contributed by atoms with Crippen LogP contribution in [0.1, 0.15) is 19.4 Å². The summed E-state index contributed by atoms with van der Waals surface area (Å²) in [6.45, 7) is 6.05. The van der Waals surface area contributed by atoms with E-state index < -0.39 is 0 Å². The molecular weight excluding hydrogens is 230 g/mol. The molecule has 0 spiro atoms. The van der Waals surface area contributed by atoms with Gasteiger partial charge in [0.2, 0.25) is 5.95 Å². The molecule has 0 unspecified atom stereocenters. The predicted molar refractivity (Wildman–Crippen MR) is 68.4 cm³/mol. The van der Waals surface area contributed by atoms with E-state index in [4.69, 9.17) is 4.74 Å². The second-order valence-electron chi connectivity index (χ2n) is 3.75. The Kier molecular flexibility index (Phi) is 4.11. The first-order chi connectivity index (χ1) is 8.83. The Balaban J connectivity index is 1.99. The third kappa shape index (κ3) is 2.97. The van der Waals surface area contributed by atoms with Crippen molar-refractivity contribution >= 4 is 5.95 Å². The van der Waals surface area contributed by atoms with Gasteiger partial charge >= 0.3 is 0 Å². The summed E-state index contributed by atoms with van der Waals surface area (Å²) in [5, 5.41) is 14.6. The number of hydrogen-bond acceptors (Lipinski definition) is 5. The zero-order valence-electron chi connectivity index (χ0n) is 10.6. The van der Waals surface area contributed by atoms with Crippen LogP contribution in [0.4, 0.5) is 5.95 Å². The molecule has 1 heterocycles. The van der Waals surface area contributed by atoms with Crippen molar-refractivity contribution in [2.24, 2.45) is 0 Å². The Morgan fingerprint density at radius 1 is 1.33 bits per heavy atom. The Bertz CT molecular complexity index is 497. The second-order valence-corrected chi connectivity index (χ2v) is 3.75. The van der Waals surface area contributed by atoms with Crippen LogP contribution in [0.3, 0.4) is 0 Å². The molecule has 2 aromatic rings. The first-order valence-electron chi connectivity index (χ1n) is 6.05. The number of aryl methyl sites for hydroxylation is 1. The summed E-state index contributed by atoms with van der Waals surface area (Å²) in [7, 11) is 0. The Labute approximate surface area is 106 Å². The minimum absolute atomic E-state index is 0.668. The number of nitrogens with zero attached hydrogens (tertiary/aromatic N) is 4. The Morgan fingerprint density at radius 3 is 3.00 bits per heavy atom. The highest BCUT2D eigenvalue weighted by Gasteiger charge is 2.03. The maximum absolute atomic E-state index is 5.46. The number of benzene rings is 1. The summed E-state index contributed by atoms with van der Waals surface area (Å²) in [5.41, 5.74) is 1.13. The molecule has 0 radical (unpaired) electrons. The lowest BCUT2D eigenvalue weighted by atomic mass is 10.2. The summed E-state index contributed by atoms with van der Waals surface area (Å²) in [5.74, 6) is 1.56. The minimum atomic E-state index is 0.668. The summed E-state index contributed by atoms with van der Waals surface area (Å²) in [6, 6.07) is 7.97. The van der Waals surface area contributed by atoms with Crippen molar-refractivity contribution in [3.05, 3.63) is 29.8 Å². The lowest BCUT2D eigenvalue weighted by molar-refractivity contribution is 0.340. The number of hydrogen-bond donors (Lipinski definition) is 1. The van der Waals surface area contributed by atoms with E-state index in [1.165, 1.54) is 0 Å². The van der Waals surface area contributed by atoms with Crippen LogP contribution in [0.2, 0.25) is 0 Å². The van der Waals surface area contributed by atoms with Crippen LogP contribution < -0.4 is 10.1 Å². The van der Waals surface area contributed by atoms with Gasteiger partial charge in [-0.15, -0.1) is 0 Å². The van der Waals surface area contributed by atoms with E-state index in [0.29, 0.717) is 19.1 Å². The number of rotatable bonds is 6. The van der Waals surface area contributed by atoms with Crippen LogP contribution in [-0.4, -0.2) is 26.8 Å². The van der Waals surface area contributed by atoms with Crippen molar-refractivity contribution in [3.8, 4) is 5.75 Å². The molecule has 1 aromatic carbocycles. The zero-order chi connectivity index (χ0) is 12.8. The molecule has 2 rings (SSSR count). The predicted octanol–water partition coefficient (Wildman–Crippen LogP) is 1.70. The van der Waals surface area contributed by atoms with Gasteiger partial charge in [0.1, 0.15) is 5.75 Å². The maximum atomic E-state index is 5.46. The molecule has 18 heavy (non-hydrogen) atoms. The van der Waals surface area contributed by atoms with Crippen molar-refractivity contribution < 1.29 is 4.74 Å². The molecule has 0 amide bonds. The molecule has 1 N–H and O–H groups in total. The van der Waals surface area contributed by atoms with Gasteiger partial charge in [-0.2, -0.15) is 0 Å². The number of ether oxygens (including phenoxy) is 1.